The molecule has 3 aliphatic heterocycles. The van der Waals surface area contributed by atoms with E-state index in [0.717, 1.165) is 21.7 Å². The van der Waals surface area contributed by atoms with Gasteiger partial charge in [-0.25, -0.2) is 9.37 Å². The lowest BCUT2D eigenvalue weighted by atomic mass is 9.85. The summed E-state index contributed by atoms with van der Waals surface area (Å²) in [6.07, 6.45) is 0.626. The summed E-state index contributed by atoms with van der Waals surface area (Å²) in [6.45, 7) is 10.0. The Kier molecular flexibility index (Phi) is 21.1. The normalized spacial score (nSPS) is 19.9. The SMILES string of the molecule is CC(=O)N1CC[C@H]2CC[C@@H](C(=O)N[C@@H](CCC(N)=O)COc3cccc(CCCCC(=O)N[C@H](C(=O)N4C[C@H](O)C[C@H]4C(=O)N[C@@H](C)c4ccc(-c5scnc5C)cc4)C(C)(C)C)c3F)N2C(=O)[C@@H](NC(=O)c2cc3cc(C(=O)P(=O)(O)O)ccc3[nH]2)C1. The molecule has 5 heterocycles. The van der Waals surface area contributed by atoms with Crippen LogP contribution in [0.3, 0.4) is 0 Å². The fraction of sp³-hybridized carbons (Fsp3) is 0.475. The number of unbranched alkanes of at least 4 members (excludes halogenated alkanes) is 1. The molecule has 27 heteroatoms. The average molecular weight is 1260 g/mol. The first-order chi connectivity index (χ1) is 41.6. The molecule has 0 saturated carbocycles. The highest BCUT2D eigenvalue weighted by atomic mass is 32.1. The second-order valence-electron chi connectivity index (χ2n) is 23.9. The van der Waals surface area contributed by atoms with Crippen LogP contribution in [0.5, 0.6) is 5.75 Å². The fourth-order valence-electron chi connectivity index (χ4n) is 11.5. The van der Waals surface area contributed by atoms with Crippen LogP contribution in [0, 0.1) is 18.2 Å². The maximum absolute atomic E-state index is 16.2. The molecule has 3 aliphatic rings. The number of aromatic amines is 1. The van der Waals surface area contributed by atoms with Gasteiger partial charge in [-0.15, -0.1) is 11.3 Å². The van der Waals surface area contributed by atoms with E-state index in [1.165, 1.54) is 52.0 Å². The molecule has 8 amide bonds. The maximum Gasteiger partial charge on any atom is 0.396 e. The van der Waals surface area contributed by atoms with Crippen molar-refractivity contribution in [2.75, 3.05) is 26.2 Å². The number of nitrogens with zero attached hydrogens (tertiary/aromatic N) is 4. The molecule has 24 nitrogen and oxygen atoms in total. The summed E-state index contributed by atoms with van der Waals surface area (Å²) < 4.78 is 33.8. The van der Waals surface area contributed by atoms with Crippen molar-refractivity contribution in [3.63, 3.8) is 0 Å². The van der Waals surface area contributed by atoms with E-state index in [4.69, 9.17) is 10.5 Å². The number of nitrogens with two attached hydrogens (primary N) is 1. The molecule has 88 heavy (non-hydrogen) atoms. The number of benzene rings is 3. The highest BCUT2D eigenvalue weighted by molar-refractivity contribution is 7.70. The van der Waals surface area contributed by atoms with Gasteiger partial charge in [0.15, 0.2) is 11.6 Å². The molecule has 8 rings (SSSR count). The highest BCUT2D eigenvalue weighted by Crippen LogP contribution is 2.40. The van der Waals surface area contributed by atoms with Crippen LogP contribution in [0.4, 0.5) is 4.39 Å². The van der Waals surface area contributed by atoms with Crippen LogP contribution in [0.1, 0.15) is 136 Å². The van der Waals surface area contributed by atoms with Crippen molar-refractivity contribution < 1.29 is 71.7 Å². The minimum absolute atomic E-state index is 0.00872. The van der Waals surface area contributed by atoms with Gasteiger partial charge in [-0.3, -0.25) is 47.7 Å². The number of aryl methyl sites for hydroxylation is 2. The Hall–Kier alpha value is -7.90. The molecular formula is C61H76FN10O14PS. The zero-order valence-electron chi connectivity index (χ0n) is 49.9. The molecule has 8 atom stereocenters. The van der Waals surface area contributed by atoms with Crippen molar-refractivity contribution in [1.82, 2.24) is 45.9 Å². The van der Waals surface area contributed by atoms with Crippen LogP contribution in [0.15, 0.2) is 72.2 Å². The number of nitrogens with one attached hydrogen (secondary N) is 5. The van der Waals surface area contributed by atoms with E-state index in [1.807, 2.05) is 38.1 Å². The number of aliphatic hydroxyl groups excluding tert-OH is 1. The number of carbonyl (C=O) groups is 9. The number of ether oxygens (including phenoxy) is 1. The van der Waals surface area contributed by atoms with Crippen LogP contribution in [0.25, 0.3) is 21.3 Å². The van der Waals surface area contributed by atoms with Crippen LogP contribution in [-0.2, 0) is 44.5 Å². The largest absolute Gasteiger partial charge is 0.488 e. The first-order valence-corrected chi connectivity index (χ1v) is 31.8. The Balaban J connectivity index is 0.852. The number of halogens is 1. The Morgan fingerprint density at radius 2 is 1.65 bits per heavy atom. The molecule has 5 aromatic rings. The Morgan fingerprint density at radius 1 is 0.920 bits per heavy atom. The molecule has 0 radical (unpaired) electrons. The number of aliphatic hydroxyl groups is 1. The van der Waals surface area contributed by atoms with E-state index in [9.17, 15) is 62.6 Å². The van der Waals surface area contributed by atoms with Crippen molar-refractivity contribution in [3.05, 3.63) is 106 Å². The molecule has 3 aromatic carbocycles. The number of aromatic nitrogens is 2. The van der Waals surface area contributed by atoms with Gasteiger partial charge in [-0.05, 0) is 111 Å². The van der Waals surface area contributed by atoms with Gasteiger partial charge in [-0.1, -0.05) is 57.2 Å². The van der Waals surface area contributed by atoms with Crippen molar-refractivity contribution in [1.29, 1.82) is 0 Å². The fourth-order valence-corrected chi connectivity index (χ4v) is 12.8. The number of primary amides is 1. The quantitative estimate of drug-likeness (QED) is 0.0317. The zero-order chi connectivity index (χ0) is 63.9. The topological polar surface area (TPSA) is 353 Å². The first kappa shape index (κ1) is 66.1. The second kappa shape index (κ2) is 28.1. The van der Waals surface area contributed by atoms with Gasteiger partial charge >= 0.3 is 7.60 Å². The predicted octanol–water partition coefficient (Wildman–Crippen LogP) is 4.68. The van der Waals surface area contributed by atoms with Gasteiger partial charge in [-0.2, -0.15) is 0 Å². The number of amides is 8. The van der Waals surface area contributed by atoms with Crippen molar-refractivity contribution in [3.8, 4) is 16.2 Å². The molecule has 0 unspecified atom stereocenters. The van der Waals surface area contributed by atoms with Gasteiger partial charge in [0.25, 0.3) is 11.4 Å². The van der Waals surface area contributed by atoms with Crippen LogP contribution in [0.2, 0.25) is 0 Å². The summed E-state index contributed by atoms with van der Waals surface area (Å²) in [5.74, 6) is -5.27. The second-order valence-corrected chi connectivity index (χ2v) is 26.3. The highest BCUT2D eigenvalue weighted by Gasteiger charge is 2.47. The van der Waals surface area contributed by atoms with E-state index in [0.29, 0.717) is 31.2 Å². The number of H-pyrrole nitrogens is 1. The number of rotatable bonds is 23. The predicted molar refractivity (Wildman–Crippen MR) is 323 cm³/mol. The minimum atomic E-state index is -5.10. The average Bonchev–Trinajstić information content (AvgIpc) is 4.22. The molecule has 3 saturated heterocycles. The Bertz CT molecular complexity index is 3510. The van der Waals surface area contributed by atoms with Gasteiger partial charge in [0.05, 0.1) is 34.3 Å². The monoisotopic (exact) mass is 1250 g/mol. The number of thiazole rings is 1. The number of fused-ring (bicyclic) bond motifs is 2. The smallest absolute Gasteiger partial charge is 0.396 e. The Morgan fingerprint density at radius 3 is 2.32 bits per heavy atom. The molecule has 10 N–H and O–H groups in total. The number of β-amino-alcohol motifs (C(OH)–C–C–N with tert-alkyl or cyclic N) is 1. The first-order valence-electron chi connectivity index (χ1n) is 29.3. The summed E-state index contributed by atoms with van der Waals surface area (Å²) in [7, 11) is -5.10. The van der Waals surface area contributed by atoms with Crippen LogP contribution in [-0.4, -0.2) is 161 Å². The van der Waals surface area contributed by atoms with E-state index < -0.39 is 114 Å². The van der Waals surface area contributed by atoms with Crippen molar-refractivity contribution >= 4 is 82.6 Å². The lowest BCUT2D eigenvalue weighted by Gasteiger charge is -2.38. The molecule has 0 aliphatic carbocycles. The third kappa shape index (κ3) is 16.0. The lowest BCUT2D eigenvalue weighted by Crippen LogP contribution is -2.61. The molecular weight excluding hydrogens is 1180 g/mol. The van der Waals surface area contributed by atoms with E-state index in [1.54, 1.807) is 49.8 Å². The number of carbonyl (C=O) groups excluding carboxylic acids is 9. The molecule has 3 fully saturated rings. The van der Waals surface area contributed by atoms with Gasteiger partial charge in [0, 0.05) is 68.3 Å². The van der Waals surface area contributed by atoms with Gasteiger partial charge in [0.1, 0.15) is 36.5 Å². The summed E-state index contributed by atoms with van der Waals surface area (Å²) in [4.78, 5) is 153. The minimum Gasteiger partial charge on any atom is -0.488 e. The van der Waals surface area contributed by atoms with Gasteiger partial charge < -0.3 is 66.3 Å². The molecule has 0 spiro atoms. The summed E-state index contributed by atoms with van der Waals surface area (Å²) in [5.41, 5.74) is 8.15. The number of hydrogen-bond acceptors (Lipinski definition) is 14. The number of hydrogen-bond donors (Lipinski definition) is 9. The van der Waals surface area contributed by atoms with Gasteiger partial charge in [0.2, 0.25) is 41.4 Å². The summed E-state index contributed by atoms with van der Waals surface area (Å²) >= 11 is 1.54. The molecule has 472 valence electrons. The third-order valence-corrected chi connectivity index (χ3v) is 18.1. The van der Waals surface area contributed by atoms with Crippen molar-refractivity contribution in [2.24, 2.45) is 11.1 Å². The van der Waals surface area contributed by atoms with E-state index in [-0.39, 0.29) is 98.6 Å². The maximum atomic E-state index is 16.2. The number of likely N-dealkylation sites (tertiary alicyclic amines) is 1. The standard InChI is InChI=1S/C61H76FN10O14PS/c1-33(36-14-16-38(17-15-36)53-34(2)64-32-88-53)65-57(79)48-28-43(74)29-71(48)59(81)54(61(4,5)6)69-51(76)13-8-7-10-37-11-9-12-49(52(37)62)86-31-41(19-23-50(63)75)66-56(78)47-22-20-42-24-25-70(35(3)73)30-46(58(80)72(42)47)68-55(77)45-27-40-26-39(18-21-44(40)67-45)60(82)87(83,84)85/h9,11-12,14-18,21,26-27,32-33,41-43,46-48,54,67,74H,7-8,10,13,19-20,22-25,28-31H2,1-6H3,(H2,63,75)(H,65,79)(H,66,78)(H,68,77)(H,69,76)(H2,83,84,85)/t33-,41-,42+,43+,46-,47-,48-,54+/m0/s1. The zero-order valence-corrected chi connectivity index (χ0v) is 51.6. The summed E-state index contributed by atoms with van der Waals surface area (Å²) in [6, 6.07) is 11.2. The van der Waals surface area contributed by atoms with Crippen molar-refractivity contribution in [2.45, 2.75) is 154 Å². The molecule has 0 bridgehead atoms. The third-order valence-electron chi connectivity index (χ3n) is 16.3. The lowest BCUT2D eigenvalue weighted by molar-refractivity contribution is -0.145. The Labute approximate surface area is 512 Å². The van der Waals surface area contributed by atoms with Crippen LogP contribution >= 0.6 is 18.9 Å². The summed E-state index contributed by atoms with van der Waals surface area (Å²) in [5, 5.41) is 22.4. The molecule has 2 aromatic heterocycles. The van der Waals surface area contributed by atoms with E-state index in [2.05, 4.69) is 31.2 Å². The van der Waals surface area contributed by atoms with Crippen LogP contribution < -0.4 is 31.7 Å². The van der Waals surface area contributed by atoms with E-state index >= 15 is 4.39 Å².